The van der Waals surface area contributed by atoms with Crippen molar-refractivity contribution in [1.29, 1.82) is 0 Å². The van der Waals surface area contributed by atoms with Crippen molar-refractivity contribution in [3.63, 3.8) is 0 Å². The zero-order valence-electron chi connectivity index (χ0n) is 15.3. The Bertz CT molecular complexity index is 665. The monoisotopic (exact) mass is 375 g/mol. The van der Waals surface area contributed by atoms with E-state index in [4.69, 9.17) is 4.74 Å². The molecule has 0 bridgehead atoms. The predicted molar refractivity (Wildman–Crippen MR) is 97.8 cm³/mol. The molecular weight excluding hydrogens is 350 g/mol. The Labute approximate surface area is 158 Å². The third-order valence-corrected chi connectivity index (χ3v) is 4.39. The number of methoxy groups -OCH3 is 1. The van der Waals surface area contributed by atoms with Crippen molar-refractivity contribution in [3.8, 4) is 0 Å². The number of aldehydes is 1. The summed E-state index contributed by atoms with van der Waals surface area (Å²) >= 11 is 0. The van der Waals surface area contributed by atoms with Crippen molar-refractivity contribution in [3.05, 3.63) is 35.9 Å². The molecule has 0 unspecified atom stereocenters. The number of hydrogen-bond acceptors (Lipinski definition) is 5. The van der Waals surface area contributed by atoms with Crippen LogP contribution in [0.3, 0.4) is 0 Å². The number of hydrogen-bond donors (Lipinski definition) is 2. The van der Waals surface area contributed by atoms with Gasteiger partial charge in [0.15, 0.2) is 0 Å². The van der Waals surface area contributed by atoms with Gasteiger partial charge in [-0.15, -0.1) is 0 Å². The summed E-state index contributed by atoms with van der Waals surface area (Å²) < 4.78 is 4.83. The van der Waals surface area contributed by atoms with Crippen molar-refractivity contribution in [2.45, 2.75) is 31.3 Å². The smallest absolute Gasteiger partial charge is 0.246 e. The summed E-state index contributed by atoms with van der Waals surface area (Å²) in [6, 6.07) is 7.92. The molecule has 1 aliphatic rings. The van der Waals surface area contributed by atoms with Gasteiger partial charge in [0.25, 0.3) is 0 Å². The maximum atomic E-state index is 13.1. The van der Waals surface area contributed by atoms with E-state index < -0.39 is 18.0 Å². The van der Waals surface area contributed by atoms with Crippen LogP contribution in [0.5, 0.6) is 0 Å². The molecule has 8 nitrogen and oxygen atoms in total. The van der Waals surface area contributed by atoms with Gasteiger partial charge in [-0.3, -0.25) is 14.4 Å². The number of likely N-dealkylation sites (tertiary alicyclic amines) is 1. The zero-order chi connectivity index (χ0) is 19.6. The van der Waals surface area contributed by atoms with Crippen LogP contribution >= 0.6 is 0 Å². The average molecular weight is 375 g/mol. The number of rotatable bonds is 9. The Balaban J connectivity index is 2.14. The average Bonchev–Trinajstić information content (AvgIpc) is 3.16. The molecule has 0 aliphatic carbocycles. The van der Waals surface area contributed by atoms with E-state index in [0.29, 0.717) is 32.1 Å². The van der Waals surface area contributed by atoms with Gasteiger partial charge in [-0.1, -0.05) is 30.3 Å². The van der Waals surface area contributed by atoms with Gasteiger partial charge in [-0.25, -0.2) is 0 Å². The molecule has 1 fully saturated rings. The lowest BCUT2D eigenvalue weighted by molar-refractivity contribution is -0.141. The summed E-state index contributed by atoms with van der Waals surface area (Å²) in [5.41, 5.74) is 0.898. The lowest BCUT2D eigenvalue weighted by atomic mass is 10.0. The predicted octanol–water partition coefficient (Wildman–Crippen LogP) is -0.334. The zero-order valence-corrected chi connectivity index (χ0v) is 15.3. The van der Waals surface area contributed by atoms with E-state index >= 15 is 0 Å². The van der Waals surface area contributed by atoms with E-state index in [1.807, 2.05) is 30.3 Å². The molecule has 0 spiro atoms. The molecule has 0 saturated carbocycles. The molecule has 1 aliphatic heterocycles. The van der Waals surface area contributed by atoms with Crippen LogP contribution < -0.4 is 10.6 Å². The number of carbonyl (C=O) groups is 4. The van der Waals surface area contributed by atoms with Gasteiger partial charge < -0.3 is 25.1 Å². The second kappa shape index (κ2) is 10.4. The second-order valence-electron chi connectivity index (χ2n) is 6.34. The van der Waals surface area contributed by atoms with Crippen LogP contribution in [0.1, 0.15) is 18.4 Å². The summed E-state index contributed by atoms with van der Waals surface area (Å²) in [4.78, 5) is 49.3. The van der Waals surface area contributed by atoms with E-state index in [-0.39, 0.29) is 25.0 Å². The highest BCUT2D eigenvalue weighted by Crippen LogP contribution is 2.19. The summed E-state index contributed by atoms with van der Waals surface area (Å²) in [5.74, 6) is -1.06. The Kier molecular flexibility index (Phi) is 7.94. The summed E-state index contributed by atoms with van der Waals surface area (Å²) in [6.07, 6.45) is 2.13. The molecule has 146 valence electrons. The fourth-order valence-electron chi connectivity index (χ4n) is 3.18. The van der Waals surface area contributed by atoms with Gasteiger partial charge in [0.2, 0.25) is 17.7 Å². The van der Waals surface area contributed by atoms with Crippen LogP contribution in [0.4, 0.5) is 0 Å². The maximum Gasteiger partial charge on any atom is 0.246 e. The number of carbonyl (C=O) groups excluding carboxylic acids is 4. The SMILES string of the molecule is COCC(=O)N[C@H](Cc1ccccc1)C(=O)N1CCC[C@H]1C(=O)NCC=O. The molecule has 0 aromatic heterocycles. The first-order valence-electron chi connectivity index (χ1n) is 8.91. The molecule has 1 aromatic carbocycles. The van der Waals surface area contributed by atoms with Gasteiger partial charge >= 0.3 is 0 Å². The highest BCUT2D eigenvalue weighted by Gasteiger charge is 2.37. The quantitative estimate of drug-likeness (QED) is 0.575. The minimum atomic E-state index is -0.797. The third-order valence-electron chi connectivity index (χ3n) is 4.39. The number of ether oxygens (including phenoxy) is 1. The van der Waals surface area contributed by atoms with Crippen LogP contribution in [0, 0.1) is 0 Å². The number of nitrogens with zero attached hydrogens (tertiary/aromatic N) is 1. The molecule has 2 atom stereocenters. The molecular formula is C19H25N3O5. The van der Waals surface area contributed by atoms with E-state index in [0.717, 1.165) is 5.56 Å². The topological polar surface area (TPSA) is 105 Å². The van der Waals surface area contributed by atoms with E-state index in [1.165, 1.54) is 12.0 Å². The lowest BCUT2D eigenvalue weighted by Gasteiger charge is -2.28. The third kappa shape index (κ3) is 5.89. The van der Waals surface area contributed by atoms with Crippen molar-refractivity contribution >= 4 is 24.0 Å². The molecule has 8 heteroatoms. The van der Waals surface area contributed by atoms with Crippen LogP contribution in [0.15, 0.2) is 30.3 Å². The normalized spacial score (nSPS) is 17.2. The highest BCUT2D eigenvalue weighted by atomic mass is 16.5. The lowest BCUT2D eigenvalue weighted by Crippen LogP contribution is -2.54. The van der Waals surface area contributed by atoms with Gasteiger partial charge in [-0.05, 0) is 18.4 Å². The summed E-state index contributed by atoms with van der Waals surface area (Å²) in [5, 5.41) is 5.20. The van der Waals surface area contributed by atoms with Crippen molar-refractivity contribution in [1.82, 2.24) is 15.5 Å². The number of amides is 3. The molecule has 2 rings (SSSR count). The van der Waals surface area contributed by atoms with Crippen LogP contribution in [-0.2, 0) is 30.3 Å². The summed E-state index contributed by atoms with van der Waals surface area (Å²) in [6.45, 7) is 0.195. The first-order chi connectivity index (χ1) is 13.1. The number of benzene rings is 1. The van der Waals surface area contributed by atoms with Gasteiger partial charge in [0, 0.05) is 20.1 Å². The first-order valence-corrected chi connectivity index (χ1v) is 8.91. The Morgan fingerprint density at radius 1 is 1.30 bits per heavy atom. The molecule has 1 heterocycles. The van der Waals surface area contributed by atoms with Gasteiger partial charge in [-0.2, -0.15) is 0 Å². The van der Waals surface area contributed by atoms with Crippen LogP contribution in [0.25, 0.3) is 0 Å². The largest absolute Gasteiger partial charge is 0.375 e. The van der Waals surface area contributed by atoms with E-state index in [2.05, 4.69) is 10.6 Å². The van der Waals surface area contributed by atoms with Crippen molar-refractivity contribution in [2.24, 2.45) is 0 Å². The molecule has 3 amide bonds. The standard InChI is InChI=1S/C19H25N3O5/c1-27-13-17(24)21-15(12-14-6-3-2-4-7-14)19(26)22-10-5-8-16(22)18(25)20-9-11-23/h2-4,6-7,11,15-16H,5,8-10,12-13H2,1H3,(H,20,25)(H,21,24)/t15-,16+/m1/s1. The molecule has 0 radical (unpaired) electrons. The highest BCUT2D eigenvalue weighted by molar-refractivity contribution is 5.93. The van der Waals surface area contributed by atoms with E-state index in [9.17, 15) is 19.2 Å². The second-order valence-corrected chi connectivity index (χ2v) is 6.34. The molecule has 27 heavy (non-hydrogen) atoms. The van der Waals surface area contributed by atoms with Gasteiger partial charge in [0.05, 0.1) is 6.54 Å². The first kappa shape index (κ1) is 20.6. The Morgan fingerprint density at radius 3 is 2.70 bits per heavy atom. The Hall–Kier alpha value is -2.74. The van der Waals surface area contributed by atoms with Crippen LogP contribution in [-0.4, -0.2) is 67.8 Å². The van der Waals surface area contributed by atoms with Crippen molar-refractivity contribution < 1.29 is 23.9 Å². The molecule has 1 aromatic rings. The van der Waals surface area contributed by atoms with Crippen LogP contribution in [0.2, 0.25) is 0 Å². The van der Waals surface area contributed by atoms with E-state index in [1.54, 1.807) is 0 Å². The Morgan fingerprint density at radius 2 is 2.04 bits per heavy atom. The fraction of sp³-hybridized carbons (Fsp3) is 0.474. The van der Waals surface area contributed by atoms with Crippen molar-refractivity contribution in [2.75, 3.05) is 26.8 Å². The molecule has 2 N–H and O–H groups in total. The fourth-order valence-corrected chi connectivity index (χ4v) is 3.18. The maximum absolute atomic E-state index is 13.1. The summed E-state index contributed by atoms with van der Waals surface area (Å²) in [7, 11) is 1.40. The minimum Gasteiger partial charge on any atom is -0.375 e. The number of nitrogens with one attached hydrogen (secondary N) is 2. The minimum absolute atomic E-state index is 0.0879. The van der Waals surface area contributed by atoms with Gasteiger partial charge in [0.1, 0.15) is 25.0 Å². The molecule has 1 saturated heterocycles.